The predicted molar refractivity (Wildman–Crippen MR) is 68.5 cm³/mol. The maximum atomic E-state index is 5.63. The molecule has 3 heteroatoms. The van der Waals surface area contributed by atoms with Crippen molar-refractivity contribution in [2.24, 2.45) is 5.73 Å². The van der Waals surface area contributed by atoms with Gasteiger partial charge in [0.2, 0.25) is 0 Å². The van der Waals surface area contributed by atoms with E-state index in [1.54, 1.807) is 6.08 Å². The SMILES string of the molecule is C=Cc1ccc2c(n1)N(C)C(CCN)CC2. The van der Waals surface area contributed by atoms with Gasteiger partial charge in [-0.25, -0.2) is 4.98 Å². The van der Waals surface area contributed by atoms with E-state index in [4.69, 9.17) is 5.73 Å². The molecule has 1 atom stereocenters. The Morgan fingerprint density at radius 1 is 1.62 bits per heavy atom. The summed E-state index contributed by atoms with van der Waals surface area (Å²) in [6, 6.07) is 4.72. The number of hydrogen-bond acceptors (Lipinski definition) is 3. The smallest absolute Gasteiger partial charge is 0.132 e. The summed E-state index contributed by atoms with van der Waals surface area (Å²) in [6.45, 7) is 4.50. The second-order valence-corrected chi connectivity index (χ2v) is 4.30. The summed E-state index contributed by atoms with van der Waals surface area (Å²) in [5.74, 6) is 1.10. The molecule has 2 rings (SSSR count). The van der Waals surface area contributed by atoms with Crippen molar-refractivity contribution in [2.75, 3.05) is 18.5 Å². The third kappa shape index (κ3) is 1.95. The van der Waals surface area contributed by atoms with Crippen LogP contribution in [-0.2, 0) is 6.42 Å². The Morgan fingerprint density at radius 2 is 2.44 bits per heavy atom. The molecule has 0 amide bonds. The first-order chi connectivity index (χ1) is 7.76. The van der Waals surface area contributed by atoms with Gasteiger partial charge in [-0.1, -0.05) is 12.6 Å². The third-order valence-electron chi connectivity index (χ3n) is 3.32. The Hall–Kier alpha value is -1.35. The molecule has 0 aromatic carbocycles. The molecule has 2 heterocycles. The monoisotopic (exact) mass is 217 g/mol. The number of nitrogens with zero attached hydrogens (tertiary/aromatic N) is 2. The van der Waals surface area contributed by atoms with Crippen LogP contribution in [0.15, 0.2) is 18.7 Å². The summed E-state index contributed by atoms with van der Waals surface area (Å²) in [5, 5.41) is 0. The number of fused-ring (bicyclic) bond motifs is 1. The van der Waals surface area contributed by atoms with Crippen LogP contribution in [0.1, 0.15) is 24.1 Å². The maximum Gasteiger partial charge on any atom is 0.132 e. The summed E-state index contributed by atoms with van der Waals surface area (Å²) < 4.78 is 0. The van der Waals surface area contributed by atoms with Crippen LogP contribution >= 0.6 is 0 Å². The van der Waals surface area contributed by atoms with Gasteiger partial charge in [0.1, 0.15) is 5.82 Å². The van der Waals surface area contributed by atoms with Gasteiger partial charge < -0.3 is 10.6 Å². The molecule has 1 aromatic rings. The minimum Gasteiger partial charge on any atom is -0.356 e. The lowest BCUT2D eigenvalue weighted by Crippen LogP contribution is -2.38. The molecular formula is C13H19N3. The second kappa shape index (κ2) is 4.66. The fourth-order valence-electron chi connectivity index (χ4n) is 2.33. The summed E-state index contributed by atoms with van der Waals surface area (Å²) in [6.07, 6.45) is 5.11. The van der Waals surface area contributed by atoms with Crippen LogP contribution in [0.25, 0.3) is 6.08 Å². The second-order valence-electron chi connectivity index (χ2n) is 4.30. The van der Waals surface area contributed by atoms with Crippen LogP contribution in [0.4, 0.5) is 5.82 Å². The van der Waals surface area contributed by atoms with Crippen molar-refractivity contribution in [3.8, 4) is 0 Å². The van der Waals surface area contributed by atoms with E-state index in [-0.39, 0.29) is 0 Å². The number of aromatic nitrogens is 1. The highest BCUT2D eigenvalue weighted by molar-refractivity contribution is 5.55. The van der Waals surface area contributed by atoms with Crippen molar-refractivity contribution in [1.82, 2.24) is 4.98 Å². The Bertz CT molecular complexity index is 387. The van der Waals surface area contributed by atoms with E-state index in [0.29, 0.717) is 6.04 Å². The lowest BCUT2D eigenvalue weighted by molar-refractivity contribution is 0.521. The minimum atomic E-state index is 0.532. The van der Waals surface area contributed by atoms with E-state index in [2.05, 4.69) is 29.6 Å². The highest BCUT2D eigenvalue weighted by Gasteiger charge is 2.23. The molecule has 1 unspecified atom stereocenters. The molecule has 0 fully saturated rings. The molecule has 0 saturated heterocycles. The summed E-state index contributed by atoms with van der Waals surface area (Å²) in [5.41, 5.74) is 7.91. The molecule has 0 radical (unpaired) electrons. The van der Waals surface area contributed by atoms with Gasteiger partial charge >= 0.3 is 0 Å². The van der Waals surface area contributed by atoms with Crippen molar-refractivity contribution in [2.45, 2.75) is 25.3 Å². The molecule has 86 valence electrons. The molecule has 0 saturated carbocycles. The van der Waals surface area contributed by atoms with Crippen molar-refractivity contribution >= 4 is 11.9 Å². The van der Waals surface area contributed by atoms with Crippen LogP contribution in [0.5, 0.6) is 0 Å². The van der Waals surface area contributed by atoms with E-state index in [1.165, 1.54) is 12.0 Å². The normalized spacial score (nSPS) is 19.4. The molecule has 1 aliphatic rings. The fraction of sp³-hybridized carbons (Fsp3) is 0.462. The maximum absolute atomic E-state index is 5.63. The van der Waals surface area contributed by atoms with Gasteiger partial charge in [-0.15, -0.1) is 0 Å². The number of rotatable bonds is 3. The summed E-state index contributed by atoms with van der Waals surface area (Å²) >= 11 is 0. The molecule has 2 N–H and O–H groups in total. The first kappa shape index (κ1) is 11.1. The molecule has 1 aromatic heterocycles. The third-order valence-corrected chi connectivity index (χ3v) is 3.32. The van der Waals surface area contributed by atoms with Crippen LogP contribution in [0, 0.1) is 0 Å². The van der Waals surface area contributed by atoms with Gasteiger partial charge in [0, 0.05) is 13.1 Å². The Balaban J connectivity index is 2.30. The van der Waals surface area contributed by atoms with Gasteiger partial charge in [0.25, 0.3) is 0 Å². The number of anilines is 1. The molecule has 0 aliphatic carbocycles. The average Bonchev–Trinajstić information content (AvgIpc) is 2.33. The predicted octanol–water partition coefficient (Wildman–Crippen LogP) is 1.82. The highest BCUT2D eigenvalue weighted by atomic mass is 15.2. The average molecular weight is 217 g/mol. The van der Waals surface area contributed by atoms with Crippen LogP contribution in [-0.4, -0.2) is 24.6 Å². The number of hydrogen-bond donors (Lipinski definition) is 1. The van der Waals surface area contributed by atoms with Gasteiger partial charge in [-0.05, 0) is 43.5 Å². The van der Waals surface area contributed by atoms with Crippen molar-refractivity contribution in [1.29, 1.82) is 0 Å². The van der Waals surface area contributed by atoms with E-state index >= 15 is 0 Å². The van der Waals surface area contributed by atoms with E-state index in [1.807, 2.05) is 6.07 Å². The van der Waals surface area contributed by atoms with E-state index in [0.717, 1.165) is 30.9 Å². The van der Waals surface area contributed by atoms with Crippen molar-refractivity contribution in [3.63, 3.8) is 0 Å². The fourth-order valence-corrected chi connectivity index (χ4v) is 2.33. The van der Waals surface area contributed by atoms with Crippen LogP contribution < -0.4 is 10.6 Å². The van der Waals surface area contributed by atoms with Gasteiger partial charge in [-0.2, -0.15) is 0 Å². The zero-order valence-electron chi connectivity index (χ0n) is 9.82. The van der Waals surface area contributed by atoms with Gasteiger partial charge in [0.15, 0.2) is 0 Å². The Labute approximate surface area is 97.0 Å². The molecular weight excluding hydrogens is 198 g/mol. The van der Waals surface area contributed by atoms with Crippen LogP contribution in [0.2, 0.25) is 0 Å². The number of pyridine rings is 1. The highest BCUT2D eigenvalue weighted by Crippen LogP contribution is 2.29. The molecule has 1 aliphatic heterocycles. The zero-order chi connectivity index (χ0) is 11.5. The number of nitrogens with two attached hydrogens (primary N) is 1. The summed E-state index contributed by atoms with van der Waals surface area (Å²) in [7, 11) is 2.11. The van der Waals surface area contributed by atoms with E-state index < -0.39 is 0 Å². The molecule has 0 spiro atoms. The Morgan fingerprint density at radius 3 is 3.12 bits per heavy atom. The molecule has 3 nitrogen and oxygen atoms in total. The number of aryl methyl sites for hydroxylation is 1. The quantitative estimate of drug-likeness (QED) is 0.839. The van der Waals surface area contributed by atoms with Crippen molar-refractivity contribution in [3.05, 3.63) is 30.0 Å². The zero-order valence-corrected chi connectivity index (χ0v) is 9.82. The first-order valence-corrected chi connectivity index (χ1v) is 5.81. The molecule has 16 heavy (non-hydrogen) atoms. The minimum absolute atomic E-state index is 0.532. The van der Waals surface area contributed by atoms with Gasteiger partial charge in [0.05, 0.1) is 5.69 Å². The summed E-state index contributed by atoms with van der Waals surface area (Å²) in [4.78, 5) is 6.87. The largest absolute Gasteiger partial charge is 0.356 e. The standard InChI is InChI=1S/C13H19N3/c1-3-11-6-4-10-5-7-12(8-9-14)16(2)13(10)15-11/h3-4,6,12H,1,5,7-9,14H2,2H3. The lowest BCUT2D eigenvalue weighted by Gasteiger charge is -2.35. The Kier molecular flexibility index (Phi) is 3.25. The van der Waals surface area contributed by atoms with Crippen LogP contribution in [0.3, 0.4) is 0 Å². The molecule has 0 bridgehead atoms. The van der Waals surface area contributed by atoms with E-state index in [9.17, 15) is 0 Å². The van der Waals surface area contributed by atoms with Crippen molar-refractivity contribution < 1.29 is 0 Å². The van der Waals surface area contributed by atoms with Gasteiger partial charge in [-0.3, -0.25) is 0 Å². The topological polar surface area (TPSA) is 42.2 Å². The first-order valence-electron chi connectivity index (χ1n) is 5.81. The lowest BCUT2D eigenvalue weighted by atomic mass is 9.97.